The highest BCUT2D eigenvalue weighted by Crippen LogP contribution is 2.35. The molecule has 2 aliphatic heterocycles. The Morgan fingerprint density at radius 2 is 2.03 bits per heavy atom. The minimum absolute atomic E-state index is 0.213. The van der Waals surface area contributed by atoms with Crippen molar-refractivity contribution in [2.45, 2.75) is 33.0 Å². The number of hydrogen-bond donors (Lipinski definition) is 0. The van der Waals surface area contributed by atoms with Gasteiger partial charge in [0.2, 0.25) is 10.0 Å². The van der Waals surface area contributed by atoms with Gasteiger partial charge in [-0.3, -0.25) is 4.90 Å². The van der Waals surface area contributed by atoms with E-state index in [1.165, 1.54) is 6.26 Å². The van der Waals surface area contributed by atoms with E-state index >= 15 is 0 Å². The first kappa shape index (κ1) is 24.1. The first-order valence-corrected chi connectivity index (χ1v) is 13.4. The fourth-order valence-electron chi connectivity index (χ4n) is 4.95. The van der Waals surface area contributed by atoms with Crippen LogP contribution < -0.4 is 0 Å². The maximum atomic E-state index is 12.7. The second kappa shape index (κ2) is 9.13. The van der Waals surface area contributed by atoms with Crippen LogP contribution in [0.25, 0.3) is 5.82 Å². The second-order valence-corrected chi connectivity index (χ2v) is 11.2. The molecule has 10 nitrogen and oxygen atoms in total. The van der Waals surface area contributed by atoms with Crippen LogP contribution in [0.4, 0.5) is 0 Å². The SMILES string of the molecule is Cc1cc(-n2cc(CN3CCN(S(C)(=O)=O)[C@H](c4ccc5c(c4C)COC5=O)C3)cn2)ncc1C#N. The lowest BCUT2D eigenvalue weighted by Gasteiger charge is -2.40. The van der Waals surface area contributed by atoms with Crippen molar-refractivity contribution < 1.29 is 17.9 Å². The fourth-order valence-corrected chi connectivity index (χ4v) is 6.01. The van der Waals surface area contributed by atoms with E-state index in [0.29, 0.717) is 43.1 Å². The van der Waals surface area contributed by atoms with Gasteiger partial charge in [-0.15, -0.1) is 0 Å². The van der Waals surface area contributed by atoms with Crippen molar-refractivity contribution in [1.29, 1.82) is 5.26 Å². The van der Waals surface area contributed by atoms with Gasteiger partial charge in [0.05, 0.1) is 29.6 Å². The summed E-state index contributed by atoms with van der Waals surface area (Å²) in [5, 5.41) is 13.6. The third kappa shape index (κ3) is 4.39. The fraction of sp³-hybridized carbons (Fsp3) is 0.360. The smallest absolute Gasteiger partial charge is 0.338 e. The van der Waals surface area contributed by atoms with Crippen molar-refractivity contribution in [3.05, 3.63) is 75.7 Å². The Morgan fingerprint density at radius 1 is 1.22 bits per heavy atom. The van der Waals surface area contributed by atoms with Gasteiger partial charge < -0.3 is 4.74 Å². The maximum Gasteiger partial charge on any atom is 0.338 e. The number of carbonyl (C=O) groups excluding carboxylic acids is 1. The van der Waals surface area contributed by atoms with E-state index in [1.807, 2.05) is 32.2 Å². The average Bonchev–Trinajstić information content (AvgIpc) is 3.46. The number of nitrogens with zero attached hydrogens (tertiary/aromatic N) is 6. The zero-order valence-electron chi connectivity index (χ0n) is 20.3. The number of rotatable bonds is 5. The summed E-state index contributed by atoms with van der Waals surface area (Å²) in [6.07, 6.45) is 6.45. The number of carbonyl (C=O) groups is 1. The summed E-state index contributed by atoms with van der Waals surface area (Å²) in [4.78, 5) is 18.5. The highest BCUT2D eigenvalue weighted by atomic mass is 32.2. The first-order chi connectivity index (χ1) is 17.2. The number of fused-ring (bicyclic) bond motifs is 1. The van der Waals surface area contributed by atoms with Crippen LogP contribution in [0.5, 0.6) is 0 Å². The Labute approximate surface area is 209 Å². The molecule has 5 rings (SSSR count). The van der Waals surface area contributed by atoms with Gasteiger partial charge in [-0.1, -0.05) is 6.07 Å². The lowest BCUT2D eigenvalue weighted by atomic mass is 9.93. The zero-order chi connectivity index (χ0) is 25.6. The van der Waals surface area contributed by atoms with E-state index in [9.17, 15) is 13.2 Å². The van der Waals surface area contributed by atoms with E-state index in [2.05, 4.69) is 21.1 Å². The van der Waals surface area contributed by atoms with Gasteiger partial charge in [-0.25, -0.2) is 22.9 Å². The topological polar surface area (TPSA) is 121 Å². The number of cyclic esters (lactones) is 1. The summed E-state index contributed by atoms with van der Waals surface area (Å²) < 4.78 is 33.7. The molecule has 1 aromatic carbocycles. The predicted molar refractivity (Wildman–Crippen MR) is 131 cm³/mol. The van der Waals surface area contributed by atoms with E-state index in [0.717, 1.165) is 27.8 Å². The number of sulfonamides is 1. The molecule has 2 aromatic heterocycles. The number of hydrogen-bond acceptors (Lipinski definition) is 8. The van der Waals surface area contributed by atoms with Gasteiger partial charge in [0.25, 0.3) is 0 Å². The van der Waals surface area contributed by atoms with Crippen LogP contribution >= 0.6 is 0 Å². The second-order valence-electron chi connectivity index (χ2n) is 9.27. The first-order valence-electron chi connectivity index (χ1n) is 11.5. The number of aryl methyl sites for hydroxylation is 1. The van der Waals surface area contributed by atoms with Crippen LogP contribution in [0.1, 0.15) is 49.8 Å². The van der Waals surface area contributed by atoms with Gasteiger partial charge >= 0.3 is 5.97 Å². The molecule has 0 aliphatic carbocycles. The van der Waals surface area contributed by atoms with Crippen molar-refractivity contribution in [3.63, 3.8) is 0 Å². The molecule has 1 saturated heterocycles. The van der Waals surface area contributed by atoms with Crippen molar-refractivity contribution in [3.8, 4) is 11.9 Å². The van der Waals surface area contributed by atoms with Gasteiger partial charge in [-0.2, -0.15) is 14.7 Å². The average molecular weight is 507 g/mol. The number of ether oxygens (including phenoxy) is 1. The predicted octanol–water partition coefficient (Wildman–Crippen LogP) is 2.24. The summed E-state index contributed by atoms with van der Waals surface area (Å²) in [6.45, 7) is 6.03. The molecule has 0 amide bonds. The van der Waals surface area contributed by atoms with Crippen LogP contribution in [-0.2, 0) is 27.9 Å². The number of piperazine rings is 1. The minimum Gasteiger partial charge on any atom is -0.457 e. The summed E-state index contributed by atoms with van der Waals surface area (Å²) >= 11 is 0. The van der Waals surface area contributed by atoms with Crippen LogP contribution in [0.15, 0.2) is 36.8 Å². The van der Waals surface area contributed by atoms with Crippen LogP contribution in [0, 0.1) is 25.2 Å². The highest BCUT2D eigenvalue weighted by Gasteiger charge is 2.36. The molecule has 2 aliphatic rings. The van der Waals surface area contributed by atoms with Crippen molar-refractivity contribution >= 4 is 16.0 Å². The summed E-state index contributed by atoms with van der Waals surface area (Å²) in [6, 6.07) is 7.14. The van der Waals surface area contributed by atoms with E-state index < -0.39 is 10.0 Å². The standard InChI is InChI=1S/C25H26N6O4S/c1-16-8-24(27-11-19(16)9-26)30-13-18(10-28-30)12-29-6-7-31(36(3,33)34)23(14-29)20-4-5-21-22(17(20)2)15-35-25(21)32/h4-5,8,10-11,13,23H,6-7,12,14-15H2,1-3H3/t23-/m0/s1. The number of nitriles is 1. The third-order valence-corrected chi connectivity index (χ3v) is 8.19. The molecule has 1 atom stereocenters. The lowest BCUT2D eigenvalue weighted by molar-refractivity contribution is 0.0535. The Morgan fingerprint density at radius 3 is 2.75 bits per heavy atom. The van der Waals surface area contributed by atoms with Crippen LogP contribution in [-0.4, -0.2) is 64.2 Å². The number of aromatic nitrogens is 3. The normalized spacial score (nSPS) is 18.6. The summed E-state index contributed by atoms with van der Waals surface area (Å²) in [5.74, 6) is 0.289. The van der Waals surface area contributed by atoms with Crippen LogP contribution in [0.3, 0.4) is 0 Å². The molecule has 0 saturated carbocycles. The van der Waals surface area contributed by atoms with E-state index in [-0.39, 0.29) is 18.6 Å². The van der Waals surface area contributed by atoms with Crippen molar-refractivity contribution in [2.24, 2.45) is 0 Å². The summed E-state index contributed by atoms with van der Waals surface area (Å²) in [7, 11) is -3.44. The molecule has 0 unspecified atom stereocenters. The highest BCUT2D eigenvalue weighted by molar-refractivity contribution is 7.88. The largest absolute Gasteiger partial charge is 0.457 e. The quantitative estimate of drug-likeness (QED) is 0.483. The van der Waals surface area contributed by atoms with Crippen molar-refractivity contribution in [1.82, 2.24) is 24.0 Å². The molecule has 0 radical (unpaired) electrons. The molecular formula is C25H26N6O4S. The van der Waals surface area contributed by atoms with Gasteiger partial charge in [-0.05, 0) is 42.7 Å². The Hall–Kier alpha value is -3.59. The molecular weight excluding hydrogens is 480 g/mol. The van der Waals surface area contributed by atoms with Gasteiger partial charge in [0, 0.05) is 49.7 Å². The number of benzene rings is 1. The molecule has 36 heavy (non-hydrogen) atoms. The van der Waals surface area contributed by atoms with Crippen molar-refractivity contribution in [2.75, 3.05) is 25.9 Å². The number of pyridine rings is 1. The minimum atomic E-state index is -3.44. The molecule has 3 aromatic rings. The molecule has 186 valence electrons. The summed E-state index contributed by atoms with van der Waals surface area (Å²) in [5.41, 5.74) is 5.48. The van der Waals surface area contributed by atoms with E-state index in [1.54, 1.807) is 27.4 Å². The Bertz CT molecular complexity index is 1510. The third-order valence-electron chi connectivity index (χ3n) is 6.90. The monoisotopic (exact) mass is 506 g/mol. The molecule has 4 heterocycles. The molecule has 0 spiro atoms. The zero-order valence-corrected chi connectivity index (χ0v) is 21.1. The van der Waals surface area contributed by atoms with E-state index in [4.69, 9.17) is 10.00 Å². The Balaban J connectivity index is 1.39. The van der Waals surface area contributed by atoms with Crippen LogP contribution in [0.2, 0.25) is 0 Å². The lowest BCUT2D eigenvalue weighted by Crippen LogP contribution is -2.50. The van der Waals surface area contributed by atoms with Gasteiger partial charge in [0.1, 0.15) is 12.7 Å². The maximum absolute atomic E-state index is 12.7. The van der Waals surface area contributed by atoms with Gasteiger partial charge in [0.15, 0.2) is 5.82 Å². The molecule has 0 N–H and O–H groups in total. The number of esters is 1. The molecule has 11 heteroatoms. The molecule has 0 bridgehead atoms. The molecule has 1 fully saturated rings. The Kier molecular flexibility index (Phi) is 6.12.